The second-order valence-electron chi connectivity index (χ2n) is 4.86. The van der Waals surface area contributed by atoms with E-state index in [4.69, 9.17) is 0 Å². The van der Waals surface area contributed by atoms with E-state index in [2.05, 4.69) is 15.9 Å². The maximum absolute atomic E-state index is 12.0. The highest BCUT2D eigenvalue weighted by Gasteiger charge is 2.42. The summed E-state index contributed by atoms with van der Waals surface area (Å²) in [5.74, 6) is -0.534. The molecule has 3 nitrogen and oxygen atoms in total. The number of carbonyl (C=O) groups excluding carboxylic acids is 2. The monoisotopic (exact) mass is 309 g/mol. The Kier molecular flexibility index (Phi) is 3.57. The Morgan fingerprint density at radius 3 is 2.28 bits per heavy atom. The van der Waals surface area contributed by atoms with Gasteiger partial charge in [-0.25, -0.2) is 0 Å². The zero-order valence-corrected chi connectivity index (χ0v) is 12.3. The van der Waals surface area contributed by atoms with Crippen LogP contribution in [0.25, 0.3) is 0 Å². The second kappa shape index (κ2) is 4.84. The van der Waals surface area contributed by atoms with Gasteiger partial charge in [0.25, 0.3) is 0 Å². The third-order valence-corrected chi connectivity index (χ3v) is 4.63. The molecule has 0 bridgehead atoms. The van der Waals surface area contributed by atoms with Gasteiger partial charge in [0.05, 0.1) is 6.54 Å². The zero-order chi connectivity index (χ0) is 13.4. The molecule has 2 rings (SSSR count). The SMILES string of the molecule is Cc1c(Br)cccc1CN1C(=O)[C@H](C)[C@@H](C)C1=O. The number of hydrogen-bond acceptors (Lipinski definition) is 2. The summed E-state index contributed by atoms with van der Waals surface area (Å²) >= 11 is 3.46. The molecule has 1 aromatic rings. The van der Waals surface area contributed by atoms with Crippen LogP contribution in [0.2, 0.25) is 0 Å². The van der Waals surface area contributed by atoms with E-state index in [0.717, 1.165) is 15.6 Å². The minimum atomic E-state index is -0.204. The highest BCUT2D eigenvalue weighted by molar-refractivity contribution is 9.10. The van der Waals surface area contributed by atoms with Crippen molar-refractivity contribution in [2.75, 3.05) is 0 Å². The summed E-state index contributed by atoms with van der Waals surface area (Å²) in [6.45, 7) is 5.99. The highest BCUT2D eigenvalue weighted by atomic mass is 79.9. The Balaban J connectivity index is 2.27. The largest absolute Gasteiger partial charge is 0.278 e. The van der Waals surface area contributed by atoms with Gasteiger partial charge < -0.3 is 0 Å². The molecule has 0 aromatic heterocycles. The Bertz CT molecular complexity index is 493. The molecular formula is C14H16BrNO2. The third-order valence-electron chi connectivity index (χ3n) is 3.77. The molecule has 0 aliphatic carbocycles. The number of hydrogen-bond donors (Lipinski definition) is 0. The smallest absolute Gasteiger partial charge is 0.233 e. The Labute approximate surface area is 115 Å². The zero-order valence-electron chi connectivity index (χ0n) is 10.7. The maximum Gasteiger partial charge on any atom is 0.233 e. The average molecular weight is 310 g/mol. The summed E-state index contributed by atoms with van der Waals surface area (Å²) in [6.07, 6.45) is 0. The van der Waals surface area contributed by atoms with Crippen molar-refractivity contribution in [1.82, 2.24) is 4.90 Å². The van der Waals surface area contributed by atoms with Crippen molar-refractivity contribution in [3.63, 3.8) is 0 Å². The molecule has 4 heteroatoms. The highest BCUT2D eigenvalue weighted by Crippen LogP contribution is 2.28. The number of nitrogens with zero attached hydrogens (tertiary/aromatic N) is 1. The van der Waals surface area contributed by atoms with Crippen molar-refractivity contribution < 1.29 is 9.59 Å². The first-order valence-electron chi connectivity index (χ1n) is 6.02. The standard InChI is InChI=1S/C14H16BrNO2/c1-8-9(2)14(18)16(13(8)17)7-11-5-4-6-12(15)10(11)3/h4-6,8-9H,7H2,1-3H3/t8-,9-/m1/s1. The van der Waals surface area contributed by atoms with Crippen LogP contribution in [0.5, 0.6) is 0 Å². The molecule has 0 saturated carbocycles. The normalized spacial score (nSPS) is 23.9. The predicted molar refractivity (Wildman–Crippen MR) is 72.8 cm³/mol. The fraction of sp³-hybridized carbons (Fsp3) is 0.429. The first-order chi connectivity index (χ1) is 8.43. The van der Waals surface area contributed by atoms with E-state index in [1.165, 1.54) is 4.90 Å². The van der Waals surface area contributed by atoms with Crippen molar-refractivity contribution in [1.29, 1.82) is 0 Å². The van der Waals surface area contributed by atoms with Crippen LogP contribution in [0.1, 0.15) is 25.0 Å². The molecule has 0 N–H and O–H groups in total. The van der Waals surface area contributed by atoms with E-state index in [0.29, 0.717) is 6.54 Å². The summed E-state index contributed by atoms with van der Waals surface area (Å²) in [4.78, 5) is 25.4. The van der Waals surface area contributed by atoms with E-state index in [1.807, 2.05) is 39.0 Å². The molecule has 1 aliphatic rings. The van der Waals surface area contributed by atoms with Gasteiger partial charge in [-0.15, -0.1) is 0 Å². The summed E-state index contributed by atoms with van der Waals surface area (Å²) in [5, 5.41) is 0. The lowest BCUT2D eigenvalue weighted by Gasteiger charge is -2.16. The lowest BCUT2D eigenvalue weighted by atomic mass is 10.00. The van der Waals surface area contributed by atoms with Crippen LogP contribution in [-0.4, -0.2) is 16.7 Å². The lowest BCUT2D eigenvalue weighted by Crippen LogP contribution is -2.30. The van der Waals surface area contributed by atoms with Crippen LogP contribution in [0, 0.1) is 18.8 Å². The van der Waals surface area contributed by atoms with Gasteiger partial charge in [0, 0.05) is 16.3 Å². The van der Waals surface area contributed by atoms with Crippen LogP contribution >= 0.6 is 15.9 Å². The molecule has 2 amide bonds. The molecule has 96 valence electrons. The average Bonchev–Trinajstić information content (AvgIpc) is 2.52. The van der Waals surface area contributed by atoms with E-state index in [9.17, 15) is 9.59 Å². The summed E-state index contributed by atoms with van der Waals surface area (Å²) < 4.78 is 1.00. The summed E-state index contributed by atoms with van der Waals surface area (Å²) in [7, 11) is 0. The van der Waals surface area contributed by atoms with Gasteiger partial charge in [-0.05, 0) is 24.1 Å². The van der Waals surface area contributed by atoms with E-state index in [-0.39, 0.29) is 23.7 Å². The fourth-order valence-electron chi connectivity index (χ4n) is 2.18. The molecule has 0 unspecified atom stereocenters. The van der Waals surface area contributed by atoms with Gasteiger partial charge in [-0.1, -0.05) is 41.9 Å². The molecule has 1 aromatic carbocycles. The number of halogens is 1. The van der Waals surface area contributed by atoms with Crippen LogP contribution in [0.3, 0.4) is 0 Å². The molecule has 2 atom stereocenters. The minimum absolute atomic E-state index is 0.0631. The molecule has 1 heterocycles. The summed E-state index contributed by atoms with van der Waals surface area (Å²) in [6, 6.07) is 5.83. The van der Waals surface area contributed by atoms with Gasteiger partial charge in [0.1, 0.15) is 0 Å². The van der Waals surface area contributed by atoms with Gasteiger partial charge in [0.15, 0.2) is 0 Å². The second-order valence-corrected chi connectivity index (χ2v) is 5.72. The third kappa shape index (κ3) is 2.09. The number of likely N-dealkylation sites (tertiary alicyclic amines) is 1. The quantitative estimate of drug-likeness (QED) is 0.788. The fourth-order valence-corrected chi connectivity index (χ4v) is 2.58. The van der Waals surface area contributed by atoms with Crippen molar-refractivity contribution in [3.05, 3.63) is 33.8 Å². The molecule has 1 fully saturated rings. The minimum Gasteiger partial charge on any atom is -0.278 e. The molecule has 0 radical (unpaired) electrons. The van der Waals surface area contributed by atoms with Crippen molar-refractivity contribution in [2.24, 2.45) is 11.8 Å². The number of carbonyl (C=O) groups is 2. The Morgan fingerprint density at radius 1 is 1.17 bits per heavy atom. The van der Waals surface area contributed by atoms with E-state index < -0.39 is 0 Å². The van der Waals surface area contributed by atoms with Gasteiger partial charge in [0.2, 0.25) is 11.8 Å². The molecule has 1 aliphatic heterocycles. The maximum atomic E-state index is 12.0. The van der Waals surface area contributed by atoms with Gasteiger partial charge >= 0.3 is 0 Å². The van der Waals surface area contributed by atoms with Crippen LogP contribution in [-0.2, 0) is 16.1 Å². The van der Waals surface area contributed by atoms with E-state index in [1.54, 1.807) is 0 Å². The first-order valence-corrected chi connectivity index (χ1v) is 6.82. The van der Waals surface area contributed by atoms with Gasteiger partial charge in [-0.3, -0.25) is 14.5 Å². The molecule has 18 heavy (non-hydrogen) atoms. The van der Waals surface area contributed by atoms with Crippen LogP contribution in [0.15, 0.2) is 22.7 Å². The van der Waals surface area contributed by atoms with Crippen molar-refractivity contribution in [2.45, 2.75) is 27.3 Å². The number of imide groups is 1. The van der Waals surface area contributed by atoms with Crippen LogP contribution in [0.4, 0.5) is 0 Å². The molecular weight excluding hydrogens is 294 g/mol. The number of amides is 2. The molecule has 1 saturated heterocycles. The lowest BCUT2D eigenvalue weighted by molar-refractivity contribution is -0.140. The first kappa shape index (κ1) is 13.3. The topological polar surface area (TPSA) is 37.4 Å². The predicted octanol–water partition coefficient (Wildman–Crippen LogP) is 2.90. The van der Waals surface area contributed by atoms with Gasteiger partial charge in [-0.2, -0.15) is 0 Å². The van der Waals surface area contributed by atoms with Crippen LogP contribution < -0.4 is 0 Å². The molecule has 0 spiro atoms. The number of rotatable bonds is 2. The Morgan fingerprint density at radius 2 is 1.72 bits per heavy atom. The number of benzene rings is 1. The Hall–Kier alpha value is -1.16. The van der Waals surface area contributed by atoms with E-state index >= 15 is 0 Å². The van der Waals surface area contributed by atoms with Crippen molar-refractivity contribution >= 4 is 27.7 Å². The summed E-state index contributed by atoms with van der Waals surface area (Å²) in [5.41, 5.74) is 2.08. The van der Waals surface area contributed by atoms with Crippen molar-refractivity contribution in [3.8, 4) is 0 Å².